The highest BCUT2D eigenvalue weighted by atomic mass is 32.1. The summed E-state index contributed by atoms with van der Waals surface area (Å²) in [4.78, 5) is 6.98. The molecule has 0 radical (unpaired) electrons. The molecule has 0 aliphatic rings. The number of nitrogens with one attached hydrogen (secondary N) is 1. The average Bonchev–Trinajstić information content (AvgIpc) is 2.67. The van der Waals surface area contributed by atoms with Crippen molar-refractivity contribution in [2.45, 2.75) is 40.3 Å². The average molecular weight is 260 g/mol. The van der Waals surface area contributed by atoms with Crippen LogP contribution in [-0.2, 0) is 6.54 Å². The van der Waals surface area contributed by atoms with Crippen LogP contribution in [0.3, 0.4) is 0 Å². The monoisotopic (exact) mass is 260 g/mol. The van der Waals surface area contributed by atoms with Gasteiger partial charge in [-0.25, -0.2) is 0 Å². The Morgan fingerprint density at radius 3 is 2.72 bits per heavy atom. The number of hydrogen-bond donors (Lipinski definition) is 1. The van der Waals surface area contributed by atoms with Crippen LogP contribution in [0.25, 0.3) is 0 Å². The molecule has 0 bridgehead atoms. The molecule has 1 atom stereocenters. The number of aromatic nitrogens is 1. The molecule has 2 nitrogen and oxygen atoms in total. The largest absolute Gasteiger partial charge is 0.306 e. The smallest absolute Gasteiger partial charge is 0.0315 e. The van der Waals surface area contributed by atoms with Crippen molar-refractivity contribution in [1.82, 2.24) is 10.3 Å². The summed E-state index contributed by atoms with van der Waals surface area (Å²) in [5.74, 6) is 0. The minimum absolute atomic E-state index is 0.384. The molecular formula is C15H20N2S. The third-order valence-electron chi connectivity index (χ3n) is 3.29. The lowest BCUT2D eigenvalue weighted by Gasteiger charge is -2.14. The molecule has 96 valence electrons. The van der Waals surface area contributed by atoms with Crippen LogP contribution in [0.5, 0.6) is 0 Å². The maximum atomic E-state index is 4.18. The van der Waals surface area contributed by atoms with Crippen LogP contribution in [0.1, 0.15) is 39.4 Å². The van der Waals surface area contributed by atoms with Crippen LogP contribution >= 0.6 is 11.3 Å². The lowest BCUT2D eigenvalue weighted by atomic mass is 10.1. The Balaban J connectivity index is 2.03. The van der Waals surface area contributed by atoms with Crippen LogP contribution < -0.4 is 5.32 Å². The van der Waals surface area contributed by atoms with Crippen LogP contribution in [-0.4, -0.2) is 4.98 Å². The molecule has 1 N–H and O–H groups in total. The Morgan fingerprint density at radius 1 is 1.33 bits per heavy atom. The Hall–Kier alpha value is -1.19. The van der Waals surface area contributed by atoms with Gasteiger partial charge in [0, 0.05) is 34.7 Å². The van der Waals surface area contributed by atoms with E-state index in [0.29, 0.717) is 6.04 Å². The van der Waals surface area contributed by atoms with Gasteiger partial charge < -0.3 is 5.32 Å². The van der Waals surface area contributed by atoms with E-state index < -0.39 is 0 Å². The van der Waals surface area contributed by atoms with Crippen molar-refractivity contribution in [3.63, 3.8) is 0 Å². The van der Waals surface area contributed by atoms with Crippen LogP contribution in [0.2, 0.25) is 0 Å². The predicted octanol–water partition coefficient (Wildman–Crippen LogP) is 3.92. The normalized spacial score (nSPS) is 12.7. The number of nitrogens with zero attached hydrogens (tertiary/aromatic N) is 1. The van der Waals surface area contributed by atoms with Gasteiger partial charge in [0.25, 0.3) is 0 Å². The Morgan fingerprint density at radius 2 is 2.11 bits per heavy atom. The molecule has 3 heteroatoms. The van der Waals surface area contributed by atoms with E-state index in [0.717, 1.165) is 6.54 Å². The minimum atomic E-state index is 0.384. The molecule has 0 saturated heterocycles. The molecule has 2 heterocycles. The zero-order valence-corrected chi connectivity index (χ0v) is 12.3. The van der Waals surface area contributed by atoms with Gasteiger partial charge in [0.15, 0.2) is 0 Å². The van der Waals surface area contributed by atoms with Crippen molar-refractivity contribution >= 4 is 11.3 Å². The molecule has 1 unspecified atom stereocenters. The van der Waals surface area contributed by atoms with Gasteiger partial charge in [0.05, 0.1) is 0 Å². The van der Waals surface area contributed by atoms with Crippen molar-refractivity contribution in [3.8, 4) is 0 Å². The number of pyridine rings is 1. The Kier molecular flexibility index (Phi) is 4.15. The standard InChI is InChI=1S/C15H20N2S/c1-10-5-6-16-8-14(10)9-17-12(3)15-7-11(2)18-13(15)4/h5-8,12,17H,9H2,1-4H3. The van der Waals surface area contributed by atoms with E-state index in [9.17, 15) is 0 Å². The fourth-order valence-corrected chi connectivity index (χ4v) is 3.16. The van der Waals surface area contributed by atoms with Gasteiger partial charge in [-0.05, 0) is 56.5 Å². The molecular weight excluding hydrogens is 240 g/mol. The number of aryl methyl sites for hydroxylation is 3. The third-order valence-corrected chi connectivity index (χ3v) is 4.27. The molecule has 0 fully saturated rings. The fourth-order valence-electron chi connectivity index (χ4n) is 2.14. The van der Waals surface area contributed by atoms with E-state index in [1.54, 1.807) is 0 Å². The molecule has 0 amide bonds. The summed E-state index contributed by atoms with van der Waals surface area (Å²) >= 11 is 1.87. The van der Waals surface area contributed by atoms with E-state index in [1.807, 2.05) is 23.7 Å². The summed E-state index contributed by atoms with van der Waals surface area (Å²) in [7, 11) is 0. The molecule has 0 saturated carbocycles. The first kappa shape index (κ1) is 13.2. The summed E-state index contributed by atoms with van der Waals surface area (Å²) in [5, 5.41) is 3.58. The quantitative estimate of drug-likeness (QED) is 0.901. The lowest BCUT2D eigenvalue weighted by molar-refractivity contribution is 0.572. The van der Waals surface area contributed by atoms with Crippen molar-refractivity contribution in [2.24, 2.45) is 0 Å². The Labute approximate surface area is 113 Å². The first-order valence-electron chi connectivity index (χ1n) is 6.27. The highest BCUT2D eigenvalue weighted by Gasteiger charge is 2.11. The summed E-state index contributed by atoms with van der Waals surface area (Å²) in [6.45, 7) is 9.58. The molecule has 0 spiro atoms. The molecule has 0 aromatic carbocycles. The van der Waals surface area contributed by atoms with E-state index >= 15 is 0 Å². The van der Waals surface area contributed by atoms with Gasteiger partial charge in [-0.3, -0.25) is 4.98 Å². The first-order valence-corrected chi connectivity index (χ1v) is 7.09. The van der Waals surface area contributed by atoms with Gasteiger partial charge >= 0.3 is 0 Å². The second-order valence-corrected chi connectivity index (χ2v) is 6.23. The topological polar surface area (TPSA) is 24.9 Å². The third kappa shape index (κ3) is 2.98. The van der Waals surface area contributed by atoms with Crippen molar-refractivity contribution < 1.29 is 0 Å². The van der Waals surface area contributed by atoms with Gasteiger partial charge in [-0.15, -0.1) is 11.3 Å². The van der Waals surface area contributed by atoms with Gasteiger partial charge in [-0.1, -0.05) is 0 Å². The molecule has 2 rings (SSSR count). The minimum Gasteiger partial charge on any atom is -0.306 e. The zero-order valence-electron chi connectivity index (χ0n) is 11.4. The lowest BCUT2D eigenvalue weighted by Crippen LogP contribution is -2.18. The van der Waals surface area contributed by atoms with Crippen LogP contribution in [0.4, 0.5) is 0 Å². The highest BCUT2D eigenvalue weighted by molar-refractivity contribution is 7.12. The van der Waals surface area contributed by atoms with Crippen molar-refractivity contribution in [3.05, 3.63) is 51.0 Å². The number of hydrogen-bond acceptors (Lipinski definition) is 3. The van der Waals surface area contributed by atoms with Gasteiger partial charge in [-0.2, -0.15) is 0 Å². The summed E-state index contributed by atoms with van der Waals surface area (Å²) in [6, 6.07) is 4.73. The molecule has 2 aromatic heterocycles. The van der Waals surface area contributed by atoms with Crippen molar-refractivity contribution in [2.75, 3.05) is 0 Å². The summed E-state index contributed by atoms with van der Waals surface area (Å²) in [6.07, 6.45) is 3.79. The van der Waals surface area contributed by atoms with Crippen molar-refractivity contribution in [1.29, 1.82) is 0 Å². The maximum absolute atomic E-state index is 4.18. The SMILES string of the molecule is Cc1cc(C(C)NCc2cnccc2C)c(C)s1. The van der Waals surface area contributed by atoms with Crippen LogP contribution in [0, 0.1) is 20.8 Å². The summed E-state index contributed by atoms with van der Waals surface area (Å²) < 4.78 is 0. The highest BCUT2D eigenvalue weighted by Crippen LogP contribution is 2.26. The van der Waals surface area contributed by atoms with Crippen LogP contribution in [0.15, 0.2) is 24.5 Å². The summed E-state index contributed by atoms with van der Waals surface area (Å²) in [5.41, 5.74) is 3.98. The molecule has 2 aromatic rings. The fraction of sp³-hybridized carbons (Fsp3) is 0.400. The van der Waals surface area contributed by atoms with E-state index in [4.69, 9.17) is 0 Å². The molecule has 18 heavy (non-hydrogen) atoms. The maximum Gasteiger partial charge on any atom is 0.0315 e. The van der Waals surface area contributed by atoms with E-state index in [-0.39, 0.29) is 0 Å². The zero-order chi connectivity index (χ0) is 13.1. The van der Waals surface area contributed by atoms with Gasteiger partial charge in [0.2, 0.25) is 0 Å². The number of rotatable bonds is 4. The van der Waals surface area contributed by atoms with E-state index in [2.05, 4.69) is 50.1 Å². The second-order valence-electron chi connectivity index (χ2n) is 4.77. The number of thiophene rings is 1. The predicted molar refractivity (Wildman–Crippen MR) is 78.0 cm³/mol. The van der Waals surface area contributed by atoms with E-state index in [1.165, 1.54) is 26.4 Å². The Bertz CT molecular complexity index is 531. The molecule has 0 aliphatic heterocycles. The second kappa shape index (κ2) is 5.63. The molecule has 0 aliphatic carbocycles. The first-order chi connectivity index (χ1) is 8.58. The van der Waals surface area contributed by atoms with Gasteiger partial charge in [0.1, 0.15) is 0 Å².